The van der Waals surface area contributed by atoms with Gasteiger partial charge in [0.15, 0.2) is 0 Å². The summed E-state index contributed by atoms with van der Waals surface area (Å²) in [6, 6.07) is 11.0. The van der Waals surface area contributed by atoms with Gasteiger partial charge in [-0.15, -0.1) is 0 Å². The van der Waals surface area contributed by atoms with E-state index in [1.165, 1.54) is 24.3 Å². The topological polar surface area (TPSA) is 82.4 Å². The standard InChI is InChI=1S/C19H15FN2O3/c20-13-3-5-14(6-4-13)25-17-8-7-16(22-18(24)9-10-23)15(11-21)19(17)12-1-2-12/h3-10,12,23H,1-2H2,(H,22,24)/b10-9+. The van der Waals surface area contributed by atoms with Crippen LogP contribution in [0.4, 0.5) is 10.1 Å². The number of carbonyl (C=O) groups excluding carboxylic acids is 1. The molecule has 0 unspecified atom stereocenters. The Morgan fingerprint density at radius 3 is 2.60 bits per heavy atom. The highest BCUT2D eigenvalue weighted by atomic mass is 19.1. The number of ether oxygens (including phenoxy) is 1. The van der Waals surface area contributed by atoms with Gasteiger partial charge in [0.1, 0.15) is 23.4 Å². The van der Waals surface area contributed by atoms with E-state index in [0.717, 1.165) is 24.5 Å². The molecule has 0 bridgehead atoms. The lowest BCUT2D eigenvalue weighted by Gasteiger charge is -2.15. The van der Waals surface area contributed by atoms with E-state index in [9.17, 15) is 14.4 Å². The van der Waals surface area contributed by atoms with E-state index in [-0.39, 0.29) is 11.7 Å². The van der Waals surface area contributed by atoms with Crippen molar-refractivity contribution >= 4 is 11.6 Å². The van der Waals surface area contributed by atoms with Crippen LogP contribution in [0, 0.1) is 17.1 Å². The van der Waals surface area contributed by atoms with Gasteiger partial charge in [-0.1, -0.05) is 0 Å². The average molecular weight is 338 g/mol. The maximum absolute atomic E-state index is 13.0. The van der Waals surface area contributed by atoms with Crippen LogP contribution in [0.3, 0.4) is 0 Å². The van der Waals surface area contributed by atoms with Crippen molar-refractivity contribution in [3.8, 4) is 17.6 Å². The first-order chi connectivity index (χ1) is 12.1. The van der Waals surface area contributed by atoms with Gasteiger partial charge in [0.2, 0.25) is 0 Å². The smallest absolute Gasteiger partial charge is 0.251 e. The summed E-state index contributed by atoms with van der Waals surface area (Å²) in [5.74, 6) is 0.277. The normalized spacial score (nSPS) is 13.4. The number of rotatable bonds is 5. The third-order valence-corrected chi connectivity index (χ3v) is 3.83. The predicted octanol–water partition coefficient (Wildman–Crippen LogP) is 4.38. The number of nitrogens with zero attached hydrogens (tertiary/aromatic N) is 1. The van der Waals surface area contributed by atoms with Crippen molar-refractivity contribution in [1.82, 2.24) is 0 Å². The van der Waals surface area contributed by atoms with Crippen LogP contribution in [0.25, 0.3) is 0 Å². The Bertz CT molecular complexity index is 865. The number of benzene rings is 2. The van der Waals surface area contributed by atoms with Crippen molar-refractivity contribution < 1.29 is 19.0 Å². The number of hydrogen-bond donors (Lipinski definition) is 2. The summed E-state index contributed by atoms with van der Waals surface area (Å²) in [6.07, 6.45) is 3.46. The first-order valence-corrected chi connectivity index (χ1v) is 7.74. The monoisotopic (exact) mass is 338 g/mol. The minimum Gasteiger partial charge on any atom is -0.515 e. The lowest BCUT2D eigenvalue weighted by atomic mass is 10.0. The minimum absolute atomic E-state index is 0.190. The van der Waals surface area contributed by atoms with E-state index in [2.05, 4.69) is 11.4 Å². The van der Waals surface area contributed by atoms with E-state index < -0.39 is 5.91 Å². The third-order valence-electron chi connectivity index (χ3n) is 3.83. The van der Waals surface area contributed by atoms with E-state index >= 15 is 0 Å². The van der Waals surface area contributed by atoms with E-state index in [4.69, 9.17) is 9.84 Å². The molecule has 0 spiro atoms. The number of amides is 1. The number of anilines is 1. The maximum Gasteiger partial charge on any atom is 0.251 e. The number of aliphatic hydroxyl groups excluding tert-OH is 1. The maximum atomic E-state index is 13.0. The van der Waals surface area contributed by atoms with Gasteiger partial charge < -0.3 is 15.2 Å². The molecule has 2 N–H and O–H groups in total. The van der Waals surface area contributed by atoms with Gasteiger partial charge in [0, 0.05) is 11.6 Å². The molecule has 2 aromatic rings. The summed E-state index contributed by atoms with van der Waals surface area (Å²) < 4.78 is 18.9. The molecule has 1 aliphatic rings. The van der Waals surface area contributed by atoms with Crippen molar-refractivity contribution in [1.29, 1.82) is 5.26 Å². The van der Waals surface area contributed by atoms with E-state index in [1.807, 2.05) is 0 Å². The Labute approximate surface area is 144 Å². The highest BCUT2D eigenvalue weighted by Crippen LogP contribution is 2.48. The number of carbonyl (C=O) groups is 1. The van der Waals surface area contributed by atoms with Crippen molar-refractivity contribution in [2.45, 2.75) is 18.8 Å². The summed E-state index contributed by atoms with van der Waals surface area (Å²) >= 11 is 0. The van der Waals surface area contributed by atoms with Gasteiger partial charge in [0.25, 0.3) is 5.91 Å². The summed E-state index contributed by atoms with van der Waals surface area (Å²) in [5.41, 5.74) is 1.43. The zero-order chi connectivity index (χ0) is 17.8. The molecule has 3 rings (SSSR count). The molecular formula is C19H15FN2O3. The zero-order valence-corrected chi connectivity index (χ0v) is 13.2. The van der Waals surface area contributed by atoms with Crippen LogP contribution >= 0.6 is 0 Å². The zero-order valence-electron chi connectivity index (χ0n) is 13.2. The summed E-state index contributed by atoms with van der Waals surface area (Å²) in [6.45, 7) is 0. The molecule has 0 aliphatic heterocycles. The molecular weight excluding hydrogens is 323 g/mol. The Hall–Kier alpha value is -3.33. The summed E-state index contributed by atoms with van der Waals surface area (Å²) in [4.78, 5) is 11.7. The molecule has 25 heavy (non-hydrogen) atoms. The van der Waals surface area contributed by atoms with Crippen molar-refractivity contribution in [2.75, 3.05) is 5.32 Å². The Morgan fingerprint density at radius 1 is 1.28 bits per heavy atom. The lowest BCUT2D eigenvalue weighted by Crippen LogP contribution is -2.10. The van der Waals surface area contributed by atoms with Crippen LogP contribution in [0.5, 0.6) is 11.5 Å². The second kappa shape index (κ2) is 7.05. The molecule has 5 nitrogen and oxygen atoms in total. The lowest BCUT2D eigenvalue weighted by molar-refractivity contribution is -0.112. The van der Waals surface area contributed by atoms with Gasteiger partial charge >= 0.3 is 0 Å². The molecule has 1 aliphatic carbocycles. The van der Waals surface area contributed by atoms with Gasteiger partial charge in [-0.3, -0.25) is 4.79 Å². The van der Waals surface area contributed by atoms with Gasteiger partial charge in [-0.05, 0) is 55.2 Å². The molecule has 0 saturated heterocycles. The molecule has 1 amide bonds. The number of nitriles is 1. The van der Waals surface area contributed by atoms with Crippen molar-refractivity contribution in [2.24, 2.45) is 0 Å². The van der Waals surface area contributed by atoms with Gasteiger partial charge in [-0.25, -0.2) is 4.39 Å². The molecule has 0 aromatic heterocycles. The molecule has 0 atom stereocenters. The third kappa shape index (κ3) is 3.78. The minimum atomic E-state index is -0.534. The Kier molecular flexibility index (Phi) is 4.66. The SMILES string of the molecule is N#Cc1c(NC(=O)/C=C/O)ccc(Oc2ccc(F)cc2)c1C1CC1. The van der Waals surface area contributed by atoms with E-state index in [1.54, 1.807) is 12.1 Å². The average Bonchev–Trinajstić information content (AvgIpc) is 3.42. The quantitative estimate of drug-likeness (QED) is 0.626. The first kappa shape index (κ1) is 16.5. The number of hydrogen-bond acceptors (Lipinski definition) is 4. The molecule has 0 heterocycles. The van der Waals surface area contributed by atoms with Crippen LogP contribution in [-0.2, 0) is 4.79 Å². The van der Waals surface area contributed by atoms with Crippen molar-refractivity contribution in [3.05, 3.63) is 65.7 Å². The van der Waals surface area contributed by atoms with Crippen LogP contribution in [0.1, 0.15) is 29.9 Å². The molecule has 6 heteroatoms. The molecule has 1 saturated carbocycles. The Morgan fingerprint density at radius 2 is 2.00 bits per heavy atom. The second-order valence-electron chi connectivity index (χ2n) is 5.65. The van der Waals surface area contributed by atoms with Crippen molar-refractivity contribution in [3.63, 3.8) is 0 Å². The highest BCUT2D eigenvalue weighted by Gasteiger charge is 2.31. The van der Waals surface area contributed by atoms with E-state index in [0.29, 0.717) is 29.0 Å². The first-order valence-electron chi connectivity index (χ1n) is 7.74. The number of aliphatic hydroxyl groups is 1. The molecule has 126 valence electrons. The fourth-order valence-electron chi connectivity index (χ4n) is 2.56. The summed E-state index contributed by atoms with van der Waals surface area (Å²) in [5, 5.41) is 20.8. The molecule has 0 radical (unpaired) electrons. The van der Waals surface area contributed by atoms with Gasteiger partial charge in [-0.2, -0.15) is 5.26 Å². The van der Waals surface area contributed by atoms with Crippen LogP contribution in [0.2, 0.25) is 0 Å². The van der Waals surface area contributed by atoms with Crippen LogP contribution in [0.15, 0.2) is 48.7 Å². The Balaban J connectivity index is 1.97. The van der Waals surface area contributed by atoms with Gasteiger partial charge in [0.05, 0.1) is 17.5 Å². The molecule has 2 aromatic carbocycles. The number of nitrogens with one attached hydrogen (secondary N) is 1. The van der Waals surface area contributed by atoms with Crippen LogP contribution in [-0.4, -0.2) is 11.0 Å². The number of halogens is 1. The molecule has 1 fully saturated rings. The fraction of sp³-hybridized carbons (Fsp3) is 0.158. The predicted molar refractivity (Wildman–Crippen MR) is 90.0 cm³/mol. The second-order valence-corrected chi connectivity index (χ2v) is 5.65. The van der Waals surface area contributed by atoms with Crippen LogP contribution < -0.4 is 10.1 Å². The highest BCUT2D eigenvalue weighted by molar-refractivity contribution is 6.00. The largest absolute Gasteiger partial charge is 0.515 e. The summed E-state index contributed by atoms with van der Waals surface area (Å²) in [7, 11) is 0. The fourth-order valence-corrected chi connectivity index (χ4v) is 2.56.